The molecular weight excluding hydrogens is 426 g/mol. The van der Waals surface area contributed by atoms with E-state index in [9.17, 15) is 4.79 Å². The van der Waals surface area contributed by atoms with Gasteiger partial charge in [0.2, 0.25) is 0 Å². The lowest BCUT2D eigenvalue weighted by atomic mass is 10.1. The Labute approximate surface area is 204 Å². The second-order valence-electron chi connectivity index (χ2n) is 8.85. The van der Waals surface area contributed by atoms with Gasteiger partial charge in [0.05, 0.1) is 7.11 Å². The number of urea groups is 1. The molecule has 0 aliphatic carbocycles. The van der Waals surface area contributed by atoms with Crippen LogP contribution in [0.5, 0.6) is 5.75 Å². The van der Waals surface area contributed by atoms with E-state index in [1.54, 1.807) is 7.11 Å². The highest BCUT2D eigenvalue weighted by Gasteiger charge is 2.17. The van der Waals surface area contributed by atoms with Gasteiger partial charge in [-0.3, -0.25) is 4.90 Å². The van der Waals surface area contributed by atoms with Crippen LogP contribution in [0.2, 0.25) is 0 Å². The van der Waals surface area contributed by atoms with E-state index in [0.29, 0.717) is 18.8 Å². The topological polar surface area (TPSA) is 68.9 Å². The summed E-state index contributed by atoms with van der Waals surface area (Å²) in [5, 5.41) is 9.87. The predicted octanol–water partition coefficient (Wildman–Crippen LogP) is 3.13. The molecule has 2 aromatic carbocycles. The van der Waals surface area contributed by atoms with Crippen molar-refractivity contribution in [2.75, 3.05) is 71.3 Å². The standard InChI is InChI=1S/C27H39N5O2/c1-22-6-4-7-24(18-22)10-11-28-14-17-32(21-23(2)20-31-15-12-29-13-16-31)27(33)30-25-8-5-9-26(19-25)34-3/h4-9,18-19,28-29H,2,10-17,20-21H2,1,3H3,(H,30,33). The van der Waals surface area contributed by atoms with Crippen molar-refractivity contribution < 1.29 is 9.53 Å². The van der Waals surface area contributed by atoms with Gasteiger partial charge < -0.3 is 25.6 Å². The Morgan fingerprint density at radius 2 is 1.94 bits per heavy atom. The van der Waals surface area contributed by atoms with Crippen LogP contribution < -0.4 is 20.7 Å². The summed E-state index contributed by atoms with van der Waals surface area (Å²) >= 11 is 0. The Kier molecular flexibility index (Phi) is 10.4. The molecule has 7 nitrogen and oxygen atoms in total. The summed E-state index contributed by atoms with van der Waals surface area (Å²) in [6.45, 7) is 13.9. The predicted molar refractivity (Wildman–Crippen MR) is 140 cm³/mol. The summed E-state index contributed by atoms with van der Waals surface area (Å²) in [6.07, 6.45) is 0.966. The maximum Gasteiger partial charge on any atom is 0.322 e. The number of rotatable bonds is 12. The van der Waals surface area contributed by atoms with Gasteiger partial charge in [0, 0.05) is 64.1 Å². The number of amides is 2. The monoisotopic (exact) mass is 465 g/mol. The number of ether oxygens (including phenoxy) is 1. The Hall–Kier alpha value is -2.87. The van der Waals surface area contributed by atoms with Gasteiger partial charge in [0.1, 0.15) is 5.75 Å². The Morgan fingerprint density at radius 3 is 2.71 bits per heavy atom. The van der Waals surface area contributed by atoms with Crippen molar-refractivity contribution in [3.8, 4) is 5.75 Å². The first kappa shape index (κ1) is 25.7. The van der Waals surface area contributed by atoms with Crippen molar-refractivity contribution in [3.63, 3.8) is 0 Å². The van der Waals surface area contributed by atoms with E-state index < -0.39 is 0 Å². The smallest absolute Gasteiger partial charge is 0.322 e. The molecular formula is C27H39N5O2. The lowest BCUT2D eigenvalue weighted by molar-refractivity contribution is 0.212. The molecule has 7 heteroatoms. The van der Waals surface area contributed by atoms with Crippen LogP contribution in [0.25, 0.3) is 0 Å². The summed E-state index contributed by atoms with van der Waals surface area (Å²) in [6, 6.07) is 15.9. The molecule has 2 aromatic rings. The minimum atomic E-state index is -0.129. The molecule has 0 radical (unpaired) electrons. The average molecular weight is 466 g/mol. The normalized spacial score (nSPS) is 13.9. The van der Waals surface area contributed by atoms with Crippen LogP contribution in [0.3, 0.4) is 0 Å². The van der Waals surface area contributed by atoms with E-state index in [2.05, 4.69) is 58.6 Å². The fourth-order valence-corrected chi connectivity index (χ4v) is 4.10. The van der Waals surface area contributed by atoms with Crippen molar-refractivity contribution in [3.05, 3.63) is 71.8 Å². The Bertz CT molecular complexity index is 927. The highest BCUT2D eigenvalue weighted by Crippen LogP contribution is 2.17. The molecule has 1 aliphatic heterocycles. The van der Waals surface area contributed by atoms with Gasteiger partial charge in [-0.1, -0.05) is 42.5 Å². The van der Waals surface area contributed by atoms with Gasteiger partial charge in [-0.15, -0.1) is 0 Å². The first-order valence-electron chi connectivity index (χ1n) is 12.1. The van der Waals surface area contributed by atoms with Crippen LogP contribution in [-0.4, -0.2) is 81.8 Å². The number of nitrogens with one attached hydrogen (secondary N) is 3. The number of carbonyl (C=O) groups is 1. The number of piperazine rings is 1. The summed E-state index contributed by atoms with van der Waals surface area (Å²) < 4.78 is 5.28. The van der Waals surface area contributed by atoms with Gasteiger partial charge >= 0.3 is 6.03 Å². The SMILES string of the molecule is C=C(CN1CCNCC1)CN(CCNCCc1cccc(C)c1)C(=O)Nc1cccc(OC)c1. The molecule has 2 amide bonds. The van der Waals surface area contributed by atoms with E-state index in [-0.39, 0.29) is 6.03 Å². The molecule has 0 aromatic heterocycles. The molecule has 0 unspecified atom stereocenters. The van der Waals surface area contributed by atoms with Crippen molar-refractivity contribution in [2.45, 2.75) is 13.3 Å². The molecule has 0 saturated carbocycles. The van der Waals surface area contributed by atoms with Crippen LogP contribution in [-0.2, 0) is 6.42 Å². The van der Waals surface area contributed by atoms with Gasteiger partial charge in [-0.2, -0.15) is 0 Å². The summed E-state index contributed by atoms with van der Waals surface area (Å²) in [4.78, 5) is 17.4. The van der Waals surface area contributed by atoms with Crippen LogP contribution >= 0.6 is 0 Å². The fraction of sp³-hybridized carbons (Fsp3) is 0.444. The Balaban J connectivity index is 1.53. The number of carbonyl (C=O) groups excluding carboxylic acids is 1. The maximum atomic E-state index is 13.1. The maximum absolute atomic E-state index is 13.1. The molecule has 34 heavy (non-hydrogen) atoms. The van der Waals surface area contributed by atoms with Crippen molar-refractivity contribution in [1.29, 1.82) is 0 Å². The lowest BCUT2D eigenvalue weighted by Gasteiger charge is -2.30. The quantitative estimate of drug-likeness (QED) is 0.332. The number of benzene rings is 2. The average Bonchev–Trinajstić information content (AvgIpc) is 2.84. The molecule has 3 N–H and O–H groups in total. The van der Waals surface area contributed by atoms with E-state index in [4.69, 9.17) is 4.74 Å². The molecule has 1 fully saturated rings. The molecule has 184 valence electrons. The molecule has 0 atom stereocenters. The first-order valence-corrected chi connectivity index (χ1v) is 12.1. The number of anilines is 1. The van der Waals surface area contributed by atoms with E-state index >= 15 is 0 Å². The van der Waals surface area contributed by atoms with Gasteiger partial charge in [-0.25, -0.2) is 4.79 Å². The molecule has 0 bridgehead atoms. The van der Waals surface area contributed by atoms with E-state index in [0.717, 1.165) is 63.5 Å². The summed E-state index contributed by atoms with van der Waals surface area (Å²) in [5.74, 6) is 0.713. The number of nitrogens with zero attached hydrogens (tertiary/aromatic N) is 2. The third-order valence-corrected chi connectivity index (χ3v) is 5.91. The van der Waals surface area contributed by atoms with E-state index in [1.165, 1.54) is 11.1 Å². The third-order valence-electron chi connectivity index (χ3n) is 5.91. The summed E-state index contributed by atoms with van der Waals surface area (Å²) in [5.41, 5.74) is 4.36. The number of aryl methyl sites for hydroxylation is 1. The molecule has 3 rings (SSSR count). The second-order valence-corrected chi connectivity index (χ2v) is 8.85. The second kappa shape index (κ2) is 13.7. The minimum Gasteiger partial charge on any atom is -0.497 e. The minimum absolute atomic E-state index is 0.129. The highest BCUT2D eigenvalue weighted by atomic mass is 16.5. The zero-order valence-corrected chi connectivity index (χ0v) is 20.6. The first-order chi connectivity index (χ1) is 16.5. The van der Waals surface area contributed by atoms with Gasteiger partial charge in [-0.05, 0) is 43.2 Å². The Morgan fingerprint density at radius 1 is 1.15 bits per heavy atom. The van der Waals surface area contributed by atoms with Crippen molar-refractivity contribution in [2.24, 2.45) is 0 Å². The number of hydrogen-bond acceptors (Lipinski definition) is 5. The highest BCUT2D eigenvalue weighted by molar-refractivity contribution is 5.89. The molecule has 1 heterocycles. The van der Waals surface area contributed by atoms with Crippen LogP contribution in [0, 0.1) is 6.92 Å². The number of hydrogen-bond donors (Lipinski definition) is 3. The zero-order valence-electron chi connectivity index (χ0n) is 20.6. The van der Waals surface area contributed by atoms with E-state index in [1.807, 2.05) is 29.2 Å². The third kappa shape index (κ3) is 8.82. The van der Waals surface area contributed by atoms with Crippen LogP contribution in [0.15, 0.2) is 60.7 Å². The van der Waals surface area contributed by atoms with Gasteiger partial charge in [0.25, 0.3) is 0 Å². The van der Waals surface area contributed by atoms with Crippen molar-refractivity contribution >= 4 is 11.7 Å². The van der Waals surface area contributed by atoms with Crippen LogP contribution in [0.1, 0.15) is 11.1 Å². The lowest BCUT2D eigenvalue weighted by Crippen LogP contribution is -2.46. The van der Waals surface area contributed by atoms with Crippen LogP contribution in [0.4, 0.5) is 10.5 Å². The zero-order chi connectivity index (χ0) is 24.2. The molecule has 0 spiro atoms. The molecule has 1 aliphatic rings. The molecule has 1 saturated heterocycles. The fourth-order valence-electron chi connectivity index (χ4n) is 4.10. The largest absolute Gasteiger partial charge is 0.497 e. The van der Waals surface area contributed by atoms with Crippen molar-refractivity contribution in [1.82, 2.24) is 20.4 Å². The number of methoxy groups -OCH3 is 1. The van der Waals surface area contributed by atoms with Gasteiger partial charge in [0.15, 0.2) is 0 Å². The summed E-state index contributed by atoms with van der Waals surface area (Å²) in [7, 11) is 1.62.